The lowest BCUT2D eigenvalue weighted by atomic mass is 10.2. The molecule has 0 atom stereocenters. The van der Waals surface area contributed by atoms with Gasteiger partial charge in [0.05, 0.1) is 0 Å². The van der Waals surface area contributed by atoms with Gasteiger partial charge in [0.2, 0.25) is 5.95 Å². The number of halogens is 1. The van der Waals surface area contributed by atoms with Gasteiger partial charge >= 0.3 is 0 Å². The van der Waals surface area contributed by atoms with Gasteiger partial charge in [-0.3, -0.25) is 5.10 Å². The number of hydrogen-bond donors (Lipinski definition) is 2. The van der Waals surface area contributed by atoms with E-state index in [-0.39, 0.29) is 0 Å². The number of benzene rings is 1. The standard InChI is InChI=1S/C13H16IN5/c14-11-5-2-1-4-10(11)12-16-13(18-17-12)19-8-3-6-15-7-9-19/h1-2,4-5,15H,3,6-9H2,(H,16,17,18). The molecule has 2 aromatic rings. The summed E-state index contributed by atoms with van der Waals surface area (Å²) >= 11 is 2.32. The third kappa shape index (κ3) is 2.89. The molecule has 19 heavy (non-hydrogen) atoms. The van der Waals surface area contributed by atoms with Crippen molar-refractivity contribution >= 4 is 28.5 Å². The first-order valence-corrected chi connectivity index (χ1v) is 7.55. The van der Waals surface area contributed by atoms with Crippen LogP contribution in [0, 0.1) is 3.57 Å². The Balaban J connectivity index is 1.85. The van der Waals surface area contributed by atoms with Crippen LogP contribution in [-0.2, 0) is 0 Å². The van der Waals surface area contributed by atoms with Crippen molar-refractivity contribution in [2.75, 3.05) is 31.1 Å². The molecule has 100 valence electrons. The molecule has 0 unspecified atom stereocenters. The van der Waals surface area contributed by atoms with E-state index in [9.17, 15) is 0 Å². The molecule has 2 N–H and O–H groups in total. The Labute approximate surface area is 125 Å². The van der Waals surface area contributed by atoms with Crippen molar-refractivity contribution in [1.82, 2.24) is 20.5 Å². The smallest absolute Gasteiger partial charge is 0.245 e. The highest BCUT2D eigenvalue weighted by Gasteiger charge is 2.15. The van der Waals surface area contributed by atoms with E-state index in [0.29, 0.717) is 0 Å². The molecule has 1 saturated heterocycles. The third-order valence-electron chi connectivity index (χ3n) is 3.23. The fourth-order valence-electron chi connectivity index (χ4n) is 2.21. The first-order valence-electron chi connectivity index (χ1n) is 6.47. The number of aromatic nitrogens is 3. The molecule has 5 nitrogen and oxygen atoms in total. The van der Waals surface area contributed by atoms with Crippen LogP contribution in [0.4, 0.5) is 5.95 Å². The molecule has 0 amide bonds. The third-order valence-corrected chi connectivity index (χ3v) is 4.17. The zero-order valence-corrected chi connectivity index (χ0v) is 12.7. The summed E-state index contributed by atoms with van der Waals surface area (Å²) in [7, 11) is 0. The number of anilines is 1. The number of H-pyrrole nitrogens is 1. The van der Waals surface area contributed by atoms with Crippen molar-refractivity contribution in [2.45, 2.75) is 6.42 Å². The lowest BCUT2D eigenvalue weighted by Gasteiger charge is -2.16. The minimum absolute atomic E-state index is 0.804. The topological polar surface area (TPSA) is 56.8 Å². The largest absolute Gasteiger partial charge is 0.338 e. The summed E-state index contributed by atoms with van der Waals surface area (Å²) in [5.41, 5.74) is 1.11. The minimum Gasteiger partial charge on any atom is -0.338 e. The first kappa shape index (κ1) is 12.9. The molecule has 1 aromatic carbocycles. The summed E-state index contributed by atoms with van der Waals surface area (Å²) in [5.74, 6) is 1.65. The monoisotopic (exact) mass is 369 g/mol. The van der Waals surface area contributed by atoms with E-state index in [1.54, 1.807) is 0 Å². The summed E-state index contributed by atoms with van der Waals surface area (Å²) in [6, 6.07) is 8.20. The summed E-state index contributed by atoms with van der Waals surface area (Å²) in [6.07, 6.45) is 1.13. The second kappa shape index (κ2) is 5.87. The summed E-state index contributed by atoms with van der Waals surface area (Å²) in [4.78, 5) is 6.87. The fraction of sp³-hybridized carbons (Fsp3) is 0.385. The fourth-order valence-corrected chi connectivity index (χ4v) is 2.86. The summed E-state index contributed by atoms with van der Waals surface area (Å²) in [5, 5.41) is 10.8. The summed E-state index contributed by atoms with van der Waals surface area (Å²) < 4.78 is 1.18. The molecular weight excluding hydrogens is 353 g/mol. The molecule has 0 aliphatic carbocycles. The van der Waals surface area contributed by atoms with Gasteiger partial charge in [0.25, 0.3) is 0 Å². The number of nitrogens with one attached hydrogen (secondary N) is 2. The normalized spacial score (nSPS) is 16.4. The molecule has 1 aromatic heterocycles. The first-order chi connectivity index (χ1) is 9.34. The molecular formula is C13H16IN5. The molecule has 3 rings (SSSR count). The van der Waals surface area contributed by atoms with Gasteiger partial charge in [-0.15, -0.1) is 5.10 Å². The minimum atomic E-state index is 0.804. The van der Waals surface area contributed by atoms with Crippen molar-refractivity contribution in [3.63, 3.8) is 0 Å². The zero-order valence-electron chi connectivity index (χ0n) is 10.6. The highest BCUT2D eigenvalue weighted by molar-refractivity contribution is 14.1. The predicted octanol–water partition coefficient (Wildman–Crippen LogP) is 1.88. The van der Waals surface area contributed by atoms with E-state index in [1.807, 2.05) is 12.1 Å². The molecule has 0 saturated carbocycles. The molecule has 1 fully saturated rings. The quantitative estimate of drug-likeness (QED) is 0.794. The number of nitrogens with zero attached hydrogens (tertiary/aromatic N) is 3. The van der Waals surface area contributed by atoms with Crippen molar-refractivity contribution in [1.29, 1.82) is 0 Å². The predicted molar refractivity (Wildman–Crippen MR) is 84.2 cm³/mol. The highest BCUT2D eigenvalue weighted by Crippen LogP contribution is 2.23. The van der Waals surface area contributed by atoms with Crippen LogP contribution in [0.15, 0.2) is 24.3 Å². The number of aromatic amines is 1. The second-order valence-corrected chi connectivity index (χ2v) is 5.72. The Morgan fingerprint density at radius 3 is 2.95 bits per heavy atom. The van der Waals surface area contributed by atoms with Gasteiger partial charge in [-0.1, -0.05) is 18.2 Å². The van der Waals surface area contributed by atoms with Crippen LogP contribution < -0.4 is 10.2 Å². The van der Waals surface area contributed by atoms with E-state index in [2.05, 4.69) is 60.1 Å². The molecule has 1 aliphatic rings. The van der Waals surface area contributed by atoms with Crippen molar-refractivity contribution in [2.24, 2.45) is 0 Å². The Morgan fingerprint density at radius 1 is 1.16 bits per heavy atom. The lowest BCUT2D eigenvalue weighted by Crippen LogP contribution is -2.28. The van der Waals surface area contributed by atoms with Crippen LogP contribution in [0.2, 0.25) is 0 Å². The van der Waals surface area contributed by atoms with E-state index in [0.717, 1.165) is 49.9 Å². The van der Waals surface area contributed by atoms with Crippen molar-refractivity contribution < 1.29 is 0 Å². The van der Waals surface area contributed by atoms with Gasteiger partial charge in [-0.2, -0.15) is 4.98 Å². The Bertz CT molecular complexity index is 545. The molecule has 0 radical (unpaired) electrons. The maximum Gasteiger partial charge on any atom is 0.245 e. The van der Waals surface area contributed by atoms with Gasteiger partial charge in [0.1, 0.15) is 0 Å². The lowest BCUT2D eigenvalue weighted by molar-refractivity contribution is 0.724. The maximum atomic E-state index is 4.63. The van der Waals surface area contributed by atoms with Crippen LogP contribution in [-0.4, -0.2) is 41.4 Å². The second-order valence-electron chi connectivity index (χ2n) is 4.55. The highest BCUT2D eigenvalue weighted by atomic mass is 127. The van der Waals surface area contributed by atoms with Crippen molar-refractivity contribution in [3.8, 4) is 11.4 Å². The molecule has 0 spiro atoms. The van der Waals surface area contributed by atoms with Crippen LogP contribution in [0.25, 0.3) is 11.4 Å². The van der Waals surface area contributed by atoms with E-state index in [1.165, 1.54) is 3.57 Å². The SMILES string of the molecule is Ic1ccccc1-c1nc(N2CCCNCC2)n[nH]1. The molecule has 0 bridgehead atoms. The average molecular weight is 369 g/mol. The molecule has 6 heteroatoms. The average Bonchev–Trinajstić information content (AvgIpc) is 2.75. The number of hydrogen-bond acceptors (Lipinski definition) is 4. The van der Waals surface area contributed by atoms with Crippen LogP contribution >= 0.6 is 22.6 Å². The molecule has 1 aliphatic heterocycles. The van der Waals surface area contributed by atoms with E-state index >= 15 is 0 Å². The van der Waals surface area contributed by atoms with E-state index < -0.39 is 0 Å². The van der Waals surface area contributed by atoms with E-state index in [4.69, 9.17) is 0 Å². The number of rotatable bonds is 2. The Morgan fingerprint density at radius 2 is 2.05 bits per heavy atom. The molecule has 2 heterocycles. The van der Waals surface area contributed by atoms with Crippen LogP contribution in [0.3, 0.4) is 0 Å². The summed E-state index contributed by atoms with van der Waals surface area (Å²) in [6.45, 7) is 4.04. The Hall–Kier alpha value is -1.15. The maximum absolute atomic E-state index is 4.63. The van der Waals surface area contributed by atoms with Crippen LogP contribution in [0.5, 0.6) is 0 Å². The van der Waals surface area contributed by atoms with Gasteiger partial charge in [-0.25, -0.2) is 0 Å². The van der Waals surface area contributed by atoms with Gasteiger partial charge in [0.15, 0.2) is 5.82 Å². The van der Waals surface area contributed by atoms with Gasteiger partial charge in [-0.05, 0) is 41.6 Å². The Kier molecular flexibility index (Phi) is 3.97. The van der Waals surface area contributed by atoms with Crippen LogP contribution in [0.1, 0.15) is 6.42 Å². The van der Waals surface area contributed by atoms with Gasteiger partial charge in [0, 0.05) is 28.8 Å². The van der Waals surface area contributed by atoms with Crippen molar-refractivity contribution in [3.05, 3.63) is 27.8 Å². The van der Waals surface area contributed by atoms with Gasteiger partial charge < -0.3 is 10.2 Å². The zero-order chi connectivity index (χ0) is 13.1.